The fourth-order valence-corrected chi connectivity index (χ4v) is 5.54. The molecule has 0 radical (unpaired) electrons. The molecule has 2 aliphatic rings. The summed E-state index contributed by atoms with van der Waals surface area (Å²) in [6.45, 7) is 3.43. The molecule has 0 atom stereocenters. The molecular weight excluding hydrogens is 477 g/mol. The van der Waals surface area contributed by atoms with Crippen LogP contribution in [0.5, 0.6) is 0 Å². The number of morpholine rings is 1. The first-order chi connectivity index (χ1) is 18.1. The van der Waals surface area contributed by atoms with Crippen LogP contribution in [0.25, 0.3) is 39.1 Å². The van der Waals surface area contributed by atoms with E-state index in [2.05, 4.69) is 15.2 Å². The normalized spacial score (nSPS) is 16.0. The molecule has 0 saturated carbocycles. The number of rotatable bonds is 2. The Balaban J connectivity index is 1.35. The summed E-state index contributed by atoms with van der Waals surface area (Å²) < 4.78 is 24.3. The number of fused-ring (bicyclic) bond motifs is 1. The number of aromatic nitrogens is 5. The summed E-state index contributed by atoms with van der Waals surface area (Å²) in [6, 6.07) is 8.57. The van der Waals surface area contributed by atoms with Crippen LogP contribution in [0.1, 0.15) is 5.56 Å². The average Bonchev–Trinajstić information content (AvgIpc) is 3.57. The molecule has 2 aliphatic heterocycles. The maximum atomic E-state index is 15.0. The largest absolute Gasteiger partial charge is 0.378 e. The van der Waals surface area contributed by atoms with Crippen molar-refractivity contribution in [2.75, 3.05) is 32.8 Å². The number of amides is 2. The van der Waals surface area contributed by atoms with Crippen molar-refractivity contribution >= 4 is 22.6 Å². The number of imidazole rings is 1. The molecule has 4 aromatic heterocycles. The summed E-state index contributed by atoms with van der Waals surface area (Å²) in [6.07, 6.45) is 5.48. The molecular formula is C26H24FN7O3. The first-order valence-corrected chi connectivity index (χ1v) is 12.2. The highest BCUT2D eigenvalue weighted by atomic mass is 19.1. The number of carbonyl (C=O) groups is 1. The molecule has 0 unspecified atom stereocenters. The van der Waals surface area contributed by atoms with Crippen LogP contribution in [-0.4, -0.2) is 72.8 Å². The van der Waals surface area contributed by atoms with Crippen molar-refractivity contribution < 1.29 is 13.9 Å². The van der Waals surface area contributed by atoms with Crippen LogP contribution in [0.2, 0.25) is 0 Å². The summed E-state index contributed by atoms with van der Waals surface area (Å²) in [4.78, 5) is 34.3. The predicted octanol–water partition coefficient (Wildman–Crippen LogP) is 3.05. The van der Waals surface area contributed by atoms with Gasteiger partial charge in [0.05, 0.1) is 41.9 Å². The molecule has 5 aromatic rings. The van der Waals surface area contributed by atoms with E-state index >= 15 is 0 Å². The Kier molecular flexibility index (Phi) is 4.93. The van der Waals surface area contributed by atoms with E-state index in [1.54, 1.807) is 16.0 Å². The minimum atomic E-state index is -0.412. The van der Waals surface area contributed by atoms with E-state index in [0.717, 1.165) is 16.9 Å². The van der Waals surface area contributed by atoms with Crippen LogP contribution in [0, 0.1) is 5.82 Å². The summed E-state index contributed by atoms with van der Waals surface area (Å²) >= 11 is 0. The summed E-state index contributed by atoms with van der Waals surface area (Å²) in [5.41, 5.74) is 4.35. The number of ether oxygens (including phenoxy) is 1. The second kappa shape index (κ2) is 8.34. The topological polar surface area (TPSA) is 104 Å². The third-order valence-electron chi connectivity index (χ3n) is 7.26. The van der Waals surface area contributed by atoms with E-state index in [-0.39, 0.29) is 18.1 Å². The van der Waals surface area contributed by atoms with E-state index in [9.17, 15) is 14.0 Å². The third kappa shape index (κ3) is 3.45. The van der Waals surface area contributed by atoms with Gasteiger partial charge in [-0.2, -0.15) is 0 Å². The number of aromatic amines is 2. The number of pyridine rings is 1. The second-order valence-electron chi connectivity index (χ2n) is 9.40. The molecule has 6 heterocycles. The monoisotopic (exact) mass is 501 g/mol. The summed E-state index contributed by atoms with van der Waals surface area (Å²) in [7, 11) is 0. The van der Waals surface area contributed by atoms with Crippen molar-refractivity contribution in [1.82, 2.24) is 33.9 Å². The third-order valence-corrected chi connectivity index (χ3v) is 7.26. The number of benzene rings is 1. The molecule has 2 N–H and O–H groups in total. The van der Waals surface area contributed by atoms with Gasteiger partial charge in [0.2, 0.25) is 0 Å². The van der Waals surface area contributed by atoms with Gasteiger partial charge in [0.1, 0.15) is 11.5 Å². The molecule has 7 rings (SSSR count). The Hall–Kier alpha value is -4.38. The van der Waals surface area contributed by atoms with Gasteiger partial charge in [0.15, 0.2) is 0 Å². The minimum absolute atomic E-state index is 0.0661. The van der Waals surface area contributed by atoms with Gasteiger partial charge in [-0.15, -0.1) is 0 Å². The van der Waals surface area contributed by atoms with E-state index in [1.807, 2.05) is 39.6 Å². The highest BCUT2D eigenvalue weighted by Crippen LogP contribution is 2.37. The number of urea groups is 1. The van der Waals surface area contributed by atoms with Gasteiger partial charge in [-0.25, -0.2) is 14.2 Å². The standard InChI is InChI=1S/C26H24FN7O3/c27-17-11-16-14-33(26(36)31-7-9-37-10-8-31)6-5-32-15-19(18(12-17)24(16)32)22-23(29-30-25(22)35)20-13-28-21-3-1-2-4-34(20)21/h1-4,11-13,15H,5-10,14H2,(H2,29,30,35). The van der Waals surface area contributed by atoms with Crippen LogP contribution >= 0.6 is 0 Å². The number of carbonyl (C=O) groups excluding carboxylic acids is 1. The van der Waals surface area contributed by atoms with Crippen LogP contribution in [-0.2, 0) is 17.8 Å². The van der Waals surface area contributed by atoms with Gasteiger partial charge in [0, 0.05) is 56.1 Å². The molecule has 37 heavy (non-hydrogen) atoms. The Morgan fingerprint density at radius 1 is 1.05 bits per heavy atom. The quantitative estimate of drug-likeness (QED) is 0.388. The van der Waals surface area contributed by atoms with Crippen LogP contribution in [0.3, 0.4) is 0 Å². The van der Waals surface area contributed by atoms with Gasteiger partial charge in [-0.1, -0.05) is 6.07 Å². The number of hydrogen-bond acceptors (Lipinski definition) is 4. The fourth-order valence-electron chi connectivity index (χ4n) is 5.54. The zero-order chi connectivity index (χ0) is 25.1. The number of nitrogens with zero attached hydrogens (tertiary/aromatic N) is 5. The van der Waals surface area contributed by atoms with Crippen LogP contribution < -0.4 is 5.56 Å². The molecule has 2 amide bonds. The summed E-state index contributed by atoms with van der Waals surface area (Å²) in [5, 5.41) is 6.34. The first kappa shape index (κ1) is 21.9. The number of hydrogen-bond donors (Lipinski definition) is 2. The first-order valence-electron chi connectivity index (χ1n) is 12.2. The smallest absolute Gasteiger partial charge is 0.320 e. The maximum Gasteiger partial charge on any atom is 0.320 e. The van der Waals surface area contributed by atoms with E-state index < -0.39 is 5.82 Å². The van der Waals surface area contributed by atoms with Crippen molar-refractivity contribution in [1.29, 1.82) is 0 Å². The molecule has 0 bridgehead atoms. The van der Waals surface area contributed by atoms with Gasteiger partial charge < -0.3 is 19.1 Å². The molecule has 1 fully saturated rings. The lowest BCUT2D eigenvalue weighted by Gasteiger charge is -2.32. The van der Waals surface area contributed by atoms with Crippen molar-refractivity contribution in [3.63, 3.8) is 0 Å². The number of halogens is 1. The van der Waals surface area contributed by atoms with Crippen molar-refractivity contribution in [2.45, 2.75) is 13.1 Å². The zero-order valence-corrected chi connectivity index (χ0v) is 19.9. The highest BCUT2D eigenvalue weighted by molar-refractivity contribution is 6.00. The Labute approximate surface area is 209 Å². The van der Waals surface area contributed by atoms with Crippen LogP contribution in [0.15, 0.2) is 53.7 Å². The van der Waals surface area contributed by atoms with Gasteiger partial charge in [0.25, 0.3) is 5.56 Å². The van der Waals surface area contributed by atoms with Crippen molar-refractivity contribution in [3.05, 3.63) is 70.7 Å². The Morgan fingerprint density at radius 3 is 2.78 bits per heavy atom. The zero-order valence-electron chi connectivity index (χ0n) is 19.9. The molecule has 1 saturated heterocycles. The van der Waals surface area contributed by atoms with Gasteiger partial charge in [-0.3, -0.25) is 19.4 Å². The van der Waals surface area contributed by atoms with Gasteiger partial charge >= 0.3 is 6.03 Å². The maximum absolute atomic E-state index is 15.0. The molecule has 188 valence electrons. The average molecular weight is 502 g/mol. The highest BCUT2D eigenvalue weighted by Gasteiger charge is 2.29. The van der Waals surface area contributed by atoms with Gasteiger partial charge in [-0.05, 0) is 29.8 Å². The van der Waals surface area contributed by atoms with Crippen LogP contribution in [0.4, 0.5) is 9.18 Å². The van der Waals surface area contributed by atoms with E-state index in [0.29, 0.717) is 67.2 Å². The number of H-pyrrole nitrogens is 2. The second-order valence-corrected chi connectivity index (χ2v) is 9.40. The Morgan fingerprint density at radius 2 is 1.92 bits per heavy atom. The number of nitrogens with one attached hydrogen (secondary N) is 2. The SMILES string of the molecule is O=C(N1CCOCC1)N1CCn2cc(-c3c(-c4cnc5ccccn45)[nH][nH]c3=O)c3cc(F)cc(c32)C1. The van der Waals surface area contributed by atoms with E-state index in [1.165, 1.54) is 12.1 Å². The fraction of sp³-hybridized carbons (Fsp3) is 0.269. The molecule has 0 aliphatic carbocycles. The van der Waals surface area contributed by atoms with E-state index in [4.69, 9.17) is 4.74 Å². The molecule has 11 heteroatoms. The Bertz CT molecular complexity index is 1720. The van der Waals surface area contributed by atoms with Crippen molar-refractivity contribution in [3.8, 4) is 22.5 Å². The van der Waals surface area contributed by atoms with Crippen molar-refractivity contribution in [2.24, 2.45) is 0 Å². The molecule has 1 aromatic carbocycles. The molecule has 0 spiro atoms. The predicted molar refractivity (Wildman–Crippen MR) is 135 cm³/mol. The lowest BCUT2D eigenvalue weighted by molar-refractivity contribution is 0.0425. The lowest BCUT2D eigenvalue weighted by atomic mass is 10.0. The molecule has 10 nitrogen and oxygen atoms in total. The lowest BCUT2D eigenvalue weighted by Crippen LogP contribution is -2.48. The minimum Gasteiger partial charge on any atom is -0.378 e. The summed E-state index contributed by atoms with van der Waals surface area (Å²) in [5.74, 6) is -0.412.